The number of rotatable bonds is 16. The lowest BCUT2D eigenvalue weighted by atomic mass is 9.83. The monoisotopic (exact) mass is 694 g/mol. The van der Waals surface area contributed by atoms with Gasteiger partial charge in [-0.25, -0.2) is 4.79 Å². The minimum atomic E-state index is -2.12. The number of hydrogen-bond acceptors (Lipinski definition) is 5. The fourth-order valence-corrected chi connectivity index (χ4v) is 8.99. The summed E-state index contributed by atoms with van der Waals surface area (Å²) in [7, 11) is -4.08. The minimum Gasteiger partial charge on any atom is -0.462 e. The second kappa shape index (κ2) is 16.8. The summed E-state index contributed by atoms with van der Waals surface area (Å²) in [6.45, 7) is 27.4. The van der Waals surface area contributed by atoms with Crippen LogP contribution < -0.4 is 0 Å². The number of benzene rings is 2. The van der Waals surface area contributed by atoms with E-state index in [1.54, 1.807) is 6.07 Å². The van der Waals surface area contributed by atoms with Crippen molar-refractivity contribution >= 4 is 28.4 Å². The molecular formula is C41H66O5Si2. The summed E-state index contributed by atoms with van der Waals surface area (Å²) in [5.41, 5.74) is 4.11. The van der Waals surface area contributed by atoms with Gasteiger partial charge in [-0.2, -0.15) is 0 Å². The number of ether oxygens (including phenoxy) is 1. The van der Waals surface area contributed by atoms with E-state index in [2.05, 4.69) is 105 Å². The first-order chi connectivity index (χ1) is 22.3. The fourth-order valence-electron chi connectivity index (χ4n) is 6.33. The largest absolute Gasteiger partial charge is 0.462 e. The molecule has 2 aromatic rings. The molecule has 0 bridgehead atoms. The SMILES string of the molecule is CCCCCC(O[Si](C)(C)C(C)(C)C)c1ccc([C@@H]2C(CCCc3cccc(C(=O)OCC)c3)C(=O)C[C@H]2O[Si](C)(C)C(C)(C)C)cc1. The molecule has 0 aliphatic heterocycles. The molecule has 0 radical (unpaired) electrons. The Morgan fingerprint density at radius 3 is 2.10 bits per heavy atom. The zero-order chi connectivity index (χ0) is 35.9. The maximum Gasteiger partial charge on any atom is 0.338 e. The standard InChI is InChI=1S/C41H66O5Si2/c1-13-15-16-23-36(45-47(9,10)40(3,4)5)31-24-26-32(27-25-31)38-34(35(42)29-37(38)46-48(11,12)41(6,7)8)22-18-20-30-19-17-21-33(28-30)39(43)44-14-2/h17,19,21,24-28,34,36-38H,13-16,18,20,22-23,29H2,1-12H3/t34?,36?,37-,38-/m1/s1. The van der Waals surface area contributed by atoms with Gasteiger partial charge < -0.3 is 13.6 Å². The Balaban J connectivity index is 1.90. The lowest BCUT2D eigenvalue weighted by Gasteiger charge is -2.40. The van der Waals surface area contributed by atoms with E-state index in [1.807, 2.05) is 19.1 Å². The molecule has 3 rings (SSSR count). The first-order valence-corrected chi connectivity index (χ1v) is 24.4. The lowest BCUT2D eigenvalue weighted by Crippen LogP contribution is -2.44. The number of ketones is 1. The van der Waals surface area contributed by atoms with Crippen molar-refractivity contribution in [1.82, 2.24) is 0 Å². The number of carbonyl (C=O) groups is 2. The van der Waals surface area contributed by atoms with Gasteiger partial charge in [-0.05, 0) is 97.7 Å². The van der Waals surface area contributed by atoms with Gasteiger partial charge in [-0.3, -0.25) is 4.79 Å². The normalized spacial score (nSPS) is 19.8. The van der Waals surface area contributed by atoms with Crippen LogP contribution in [0.25, 0.3) is 0 Å². The van der Waals surface area contributed by atoms with Crippen LogP contribution in [0.5, 0.6) is 0 Å². The van der Waals surface area contributed by atoms with E-state index in [1.165, 1.54) is 24.0 Å². The Morgan fingerprint density at radius 2 is 1.52 bits per heavy atom. The van der Waals surface area contributed by atoms with E-state index in [0.717, 1.165) is 37.7 Å². The third-order valence-electron chi connectivity index (χ3n) is 11.3. The van der Waals surface area contributed by atoms with Crippen LogP contribution in [0.15, 0.2) is 48.5 Å². The zero-order valence-corrected chi connectivity index (χ0v) is 34.3. The number of carbonyl (C=O) groups excluding carboxylic acids is 2. The average molecular weight is 695 g/mol. The summed E-state index contributed by atoms with van der Waals surface area (Å²) in [6, 6.07) is 16.8. The number of unbranched alkanes of at least 4 members (excludes halogenated alkanes) is 2. The molecule has 1 fully saturated rings. The lowest BCUT2D eigenvalue weighted by molar-refractivity contribution is -0.121. The van der Waals surface area contributed by atoms with Crippen LogP contribution >= 0.6 is 0 Å². The van der Waals surface area contributed by atoms with E-state index in [0.29, 0.717) is 24.4 Å². The molecular weight excluding hydrogens is 629 g/mol. The summed E-state index contributed by atoms with van der Waals surface area (Å²) in [4.78, 5) is 26.1. The molecule has 268 valence electrons. The van der Waals surface area contributed by atoms with Gasteiger partial charge in [0.2, 0.25) is 0 Å². The third-order valence-corrected chi connectivity index (χ3v) is 20.3. The molecule has 2 aromatic carbocycles. The van der Waals surface area contributed by atoms with Crippen molar-refractivity contribution < 1.29 is 23.2 Å². The van der Waals surface area contributed by atoms with E-state index in [-0.39, 0.29) is 40.1 Å². The van der Waals surface area contributed by atoms with Gasteiger partial charge in [0.05, 0.1) is 24.4 Å². The molecule has 0 saturated heterocycles. The molecule has 7 heteroatoms. The van der Waals surface area contributed by atoms with Gasteiger partial charge in [0, 0.05) is 18.3 Å². The fraction of sp³-hybridized carbons (Fsp3) is 0.659. The average Bonchev–Trinajstić information content (AvgIpc) is 3.29. The Hall–Kier alpha value is -2.07. The molecule has 4 atom stereocenters. The van der Waals surface area contributed by atoms with Crippen LogP contribution in [0.1, 0.15) is 139 Å². The van der Waals surface area contributed by atoms with Crippen LogP contribution in [0.2, 0.25) is 36.3 Å². The quantitative estimate of drug-likeness (QED) is 0.0994. The highest BCUT2D eigenvalue weighted by molar-refractivity contribution is 6.74. The number of aryl methyl sites for hydroxylation is 1. The summed E-state index contributed by atoms with van der Waals surface area (Å²) in [6.07, 6.45) is 7.47. The van der Waals surface area contributed by atoms with Gasteiger partial charge in [0.1, 0.15) is 5.78 Å². The Bertz CT molecular complexity index is 1340. The van der Waals surface area contributed by atoms with Crippen LogP contribution in [-0.2, 0) is 24.8 Å². The number of hydrogen-bond donors (Lipinski definition) is 0. The van der Waals surface area contributed by atoms with E-state index >= 15 is 0 Å². The maximum atomic E-state index is 13.8. The highest BCUT2D eigenvalue weighted by Gasteiger charge is 2.48. The van der Waals surface area contributed by atoms with Crippen molar-refractivity contribution in [3.8, 4) is 0 Å². The maximum absolute atomic E-state index is 13.8. The first kappa shape index (κ1) is 40.4. The van der Waals surface area contributed by atoms with E-state index in [4.69, 9.17) is 13.6 Å². The molecule has 2 unspecified atom stereocenters. The van der Waals surface area contributed by atoms with Crippen molar-refractivity contribution in [3.05, 3.63) is 70.8 Å². The van der Waals surface area contributed by atoms with Crippen molar-refractivity contribution in [1.29, 1.82) is 0 Å². The Morgan fingerprint density at radius 1 is 0.875 bits per heavy atom. The minimum absolute atomic E-state index is 0.0198. The second-order valence-corrected chi connectivity index (χ2v) is 26.6. The van der Waals surface area contributed by atoms with Gasteiger partial charge in [0.15, 0.2) is 16.6 Å². The molecule has 48 heavy (non-hydrogen) atoms. The summed E-state index contributed by atoms with van der Waals surface area (Å²) in [5, 5.41) is 0.196. The Kier molecular flexibility index (Phi) is 14.1. The molecule has 0 amide bonds. The molecule has 0 heterocycles. The van der Waals surface area contributed by atoms with Crippen LogP contribution in [-0.4, -0.2) is 41.1 Å². The van der Waals surface area contributed by atoms with E-state index < -0.39 is 16.6 Å². The molecule has 5 nitrogen and oxygen atoms in total. The summed E-state index contributed by atoms with van der Waals surface area (Å²) in [5.74, 6) is -0.0531. The van der Waals surface area contributed by atoms with Crippen LogP contribution in [0.4, 0.5) is 0 Å². The summed E-state index contributed by atoms with van der Waals surface area (Å²) >= 11 is 0. The third kappa shape index (κ3) is 10.5. The highest BCUT2D eigenvalue weighted by atomic mass is 28.4. The van der Waals surface area contributed by atoms with Gasteiger partial charge in [-0.1, -0.05) is 104 Å². The summed E-state index contributed by atoms with van der Waals surface area (Å²) < 4.78 is 19.3. The predicted molar refractivity (Wildman–Crippen MR) is 205 cm³/mol. The molecule has 0 spiro atoms. The van der Waals surface area contributed by atoms with Crippen molar-refractivity contribution in [3.63, 3.8) is 0 Å². The first-order valence-electron chi connectivity index (χ1n) is 18.6. The van der Waals surface area contributed by atoms with Crippen molar-refractivity contribution in [2.45, 2.75) is 161 Å². The molecule has 0 aromatic heterocycles. The zero-order valence-electron chi connectivity index (χ0n) is 32.3. The van der Waals surface area contributed by atoms with Gasteiger partial charge in [-0.15, -0.1) is 0 Å². The number of Topliss-reactive ketones (excluding diaryl/α,β-unsaturated/α-hetero) is 1. The van der Waals surface area contributed by atoms with Gasteiger partial charge in [0.25, 0.3) is 0 Å². The van der Waals surface area contributed by atoms with E-state index in [9.17, 15) is 9.59 Å². The smallest absolute Gasteiger partial charge is 0.338 e. The topological polar surface area (TPSA) is 61.8 Å². The Labute approximate surface area is 295 Å². The molecule has 1 aliphatic rings. The van der Waals surface area contributed by atoms with Gasteiger partial charge >= 0.3 is 5.97 Å². The molecule has 0 N–H and O–H groups in total. The molecule has 1 saturated carbocycles. The van der Waals surface area contributed by atoms with Crippen LogP contribution in [0, 0.1) is 5.92 Å². The molecule has 1 aliphatic carbocycles. The van der Waals surface area contributed by atoms with Crippen molar-refractivity contribution in [2.24, 2.45) is 5.92 Å². The highest BCUT2D eigenvalue weighted by Crippen LogP contribution is 2.47. The van der Waals surface area contributed by atoms with Crippen molar-refractivity contribution in [2.75, 3.05) is 6.61 Å². The predicted octanol–water partition coefficient (Wildman–Crippen LogP) is 11.6. The van der Waals surface area contributed by atoms with Crippen LogP contribution in [0.3, 0.4) is 0 Å². The number of esters is 1. The second-order valence-electron chi connectivity index (χ2n) is 17.1.